The number of unbranched alkanes of at least 4 members (excludes halogenated alkanes) is 18. The largest absolute Gasteiger partial charge is 0.472 e. The monoisotopic (exact) mass is 766 g/mol. The molecular formula is C38H71O13P. The van der Waals surface area contributed by atoms with Crippen molar-refractivity contribution < 1.29 is 63.1 Å². The molecule has 0 bridgehead atoms. The number of esters is 2. The van der Waals surface area contributed by atoms with E-state index >= 15 is 0 Å². The van der Waals surface area contributed by atoms with Gasteiger partial charge < -0.3 is 39.9 Å². The summed E-state index contributed by atoms with van der Waals surface area (Å²) in [5.41, 5.74) is 0. The maximum Gasteiger partial charge on any atom is 0.472 e. The van der Waals surface area contributed by atoms with Crippen LogP contribution in [0.5, 0.6) is 0 Å². The Balaban J connectivity index is 2.51. The molecule has 1 aliphatic carbocycles. The van der Waals surface area contributed by atoms with Crippen molar-refractivity contribution >= 4 is 19.8 Å². The van der Waals surface area contributed by atoms with Crippen molar-refractivity contribution in [2.75, 3.05) is 13.2 Å². The molecule has 0 aliphatic heterocycles. The highest BCUT2D eigenvalue weighted by Crippen LogP contribution is 2.47. The lowest BCUT2D eigenvalue weighted by Crippen LogP contribution is -2.64. The molecule has 0 radical (unpaired) electrons. The highest BCUT2D eigenvalue weighted by Gasteiger charge is 2.51. The van der Waals surface area contributed by atoms with Crippen molar-refractivity contribution in [2.24, 2.45) is 0 Å². The first kappa shape index (κ1) is 48.6. The highest BCUT2D eigenvalue weighted by atomic mass is 31.2. The first-order valence-corrected chi connectivity index (χ1v) is 21.5. The zero-order valence-corrected chi connectivity index (χ0v) is 32.8. The molecule has 0 saturated heterocycles. The number of ether oxygens (including phenoxy) is 2. The average Bonchev–Trinajstić information content (AvgIpc) is 3.12. The van der Waals surface area contributed by atoms with Gasteiger partial charge in [0.05, 0.1) is 6.61 Å². The molecule has 1 aliphatic rings. The van der Waals surface area contributed by atoms with E-state index in [1.54, 1.807) is 0 Å². The Labute approximate surface area is 312 Å². The van der Waals surface area contributed by atoms with Crippen LogP contribution in [0, 0.1) is 0 Å². The van der Waals surface area contributed by atoms with Crippen molar-refractivity contribution in [1.82, 2.24) is 0 Å². The van der Waals surface area contributed by atoms with Crippen LogP contribution in [0.15, 0.2) is 12.2 Å². The van der Waals surface area contributed by atoms with Gasteiger partial charge in [0.2, 0.25) is 0 Å². The summed E-state index contributed by atoms with van der Waals surface area (Å²) in [6.45, 7) is 3.22. The van der Waals surface area contributed by atoms with Crippen molar-refractivity contribution in [3.05, 3.63) is 12.2 Å². The Morgan fingerprint density at radius 3 is 1.48 bits per heavy atom. The minimum Gasteiger partial charge on any atom is -0.462 e. The summed E-state index contributed by atoms with van der Waals surface area (Å²) in [5, 5.41) is 49.9. The SMILES string of the molecule is CCCCCC/C=C/CCCCCCCCCC(=O)O[C@H](COC(=O)CCCCCCCCCC)COP(=O)(O)OC1C(O)C(O)C(O)[C@@H](O)C1O. The minimum absolute atomic E-state index is 0.0948. The summed E-state index contributed by atoms with van der Waals surface area (Å²) >= 11 is 0. The second kappa shape index (κ2) is 29.9. The lowest BCUT2D eigenvalue weighted by atomic mass is 9.85. The molecule has 1 fully saturated rings. The quantitative estimate of drug-likeness (QED) is 0.0192. The van der Waals surface area contributed by atoms with Gasteiger partial charge >= 0.3 is 19.8 Å². The lowest BCUT2D eigenvalue weighted by molar-refractivity contribution is -0.220. The van der Waals surface area contributed by atoms with E-state index in [1.807, 2.05) is 0 Å². The molecule has 0 aromatic carbocycles. The number of phosphoric ester groups is 1. The van der Waals surface area contributed by atoms with Gasteiger partial charge in [-0.25, -0.2) is 4.57 Å². The van der Waals surface area contributed by atoms with Crippen LogP contribution in [-0.2, 0) is 32.7 Å². The second-order valence-electron chi connectivity index (χ2n) is 14.1. The number of carbonyl (C=O) groups is 2. The van der Waals surface area contributed by atoms with Gasteiger partial charge in [0.15, 0.2) is 6.10 Å². The third kappa shape index (κ3) is 22.7. The van der Waals surface area contributed by atoms with Crippen molar-refractivity contribution in [1.29, 1.82) is 0 Å². The van der Waals surface area contributed by atoms with Crippen molar-refractivity contribution in [2.45, 2.75) is 204 Å². The Kier molecular flexibility index (Phi) is 27.9. The standard InChI is InChI=1S/C38H71O13P/c1-3-5-7-9-11-13-14-15-16-17-18-19-21-23-25-27-32(40)50-30(28-48-31(39)26-24-22-20-12-10-8-6-4-2)29-49-52(46,47)51-38-36(44)34(42)33(41)35(43)37(38)45/h13-14,30,33-38,41-45H,3-12,15-29H2,1-2H3,(H,46,47)/b14-13+/t30-,33?,34-,35?,36?,37?,38?/m1/s1. The van der Waals surface area contributed by atoms with Gasteiger partial charge in [-0.2, -0.15) is 0 Å². The maximum absolute atomic E-state index is 12.7. The van der Waals surface area contributed by atoms with E-state index in [4.69, 9.17) is 18.5 Å². The summed E-state index contributed by atoms with van der Waals surface area (Å²) < 4.78 is 33.3. The van der Waals surface area contributed by atoms with E-state index in [2.05, 4.69) is 26.0 Å². The van der Waals surface area contributed by atoms with Crippen LogP contribution in [0.1, 0.15) is 162 Å². The van der Waals surface area contributed by atoms with Crippen LogP contribution in [0.3, 0.4) is 0 Å². The molecule has 52 heavy (non-hydrogen) atoms. The Morgan fingerprint density at radius 1 is 0.577 bits per heavy atom. The van der Waals surface area contributed by atoms with E-state index in [1.165, 1.54) is 64.2 Å². The van der Waals surface area contributed by atoms with E-state index < -0.39 is 75.7 Å². The van der Waals surface area contributed by atoms with Gasteiger partial charge in [0, 0.05) is 12.8 Å². The molecule has 13 nitrogen and oxygen atoms in total. The third-order valence-electron chi connectivity index (χ3n) is 9.36. The van der Waals surface area contributed by atoms with Crippen LogP contribution in [0.4, 0.5) is 0 Å². The van der Waals surface area contributed by atoms with Crippen molar-refractivity contribution in [3.63, 3.8) is 0 Å². The van der Waals surface area contributed by atoms with Gasteiger partial charge in [-0.15, -0.1) is 0 Å². The van der Waals surface area contributed by atoms with E-state index in [-0.39, 0.29) is 12.8 Å². The molecule has 6 N–H and O–H groups in total. The lowest BCUT2D eigenvalue weighted by Gasteiger charge is -2.41. The number of allylic oxidation sites excluding steroid dienone is 2. The van der Waals surface area contributed by atoms with Crippen LogP contribution in [0.2, 0.25) is 0 Å². The molecule has 306 valence electrons. The van der Waals surface area contributed by atoms with Crippen molar-refractivity contribution in [3.8, 4) is 0 Å². The molecule has 6 unspecified atom stereocenters. The number of phosphoric acid groups is 1. The first-order valence-electron chi connectivity index (χ1n) is 20.0. The summed E-state index contributed by atoms with van der Waals surface area (Å²) in [7, 11) is -5.10. The molecule has 14 heteroatoms. The fourth-order valence-corrected chi connectivity index (χ4v) is 7.02. The number of carbonyl (C=O) groups excluding carboxylic acids is 2. The van der Waals surface area contributed by atoms with E-state index in [0.29, 0.717) is 12.8 Å². The number of aliphatic hydroxyl groups is 5. The smallest absolute Gasteiger partial charge is 0.462 e. The van der Waals surface area contributed by atoms with Gasteiger partial charge in [0.1, 0.15) is 43.2 Å². The molecular weight excluding hydrogens is 695 g/mol. The fourth-order valence-electron chi connectivity index (χ4n) is 6.05. The predicted molar refractivity (Wildman–Crippen MR) is 198 cm³/mol. The summed E-state index contributed by atoms with van der Waals surface area (Å²) in [6.07, 6.45) is 14.4. The van der Waals surface area contributed by atoms with E-state index in [0.717, 1.165) is 57.8 Å². The van der Waals surface area contributed by atoms with Crippen LogP contribution >= 0.6 is 7.82 Å². The van der Waals surface area contributed by atoms with Gasteiger partial charge in [-0.1, -0.05) is 122 Å². The van der Waals surface area contributed by atoms with Crippen LogP contribution in [-0.4, -0.2) is 98.3 Å². The Bertz CT molecular complexity index is 980. The molecule has 0 spiro atoms. The highest BCUT2D eigenvalue weighted by molar-refractivity contribution is 7.47. The van der Waals surface area contributed by atoms with Gasteiger partial charge in [-0.3, -0.25) is 18.6 Å². The normalized spacial score (nSPS) is 23.8. The molecule has 0 aromatic heterocycles. The predicted octanol–water partition coefficient (Wildman–Crippen LogP) is 6.33. The zero-order chi connectivity index (χ0) is 38.6. The van der Waals surface area contributed by atoms with Gasteiger partial charge in [0.25, 0.3) is 0 Å². The van der Waals surface area contributed by atoms with Crippen LogP contribution in [0.25, 0.3) is 0 Å². The summed E-state index contributed by atoms with van der Waals surface area (Å²) in [5.74, 6) is -1.11. The summed E-state index contributed by atoms with van der Waals surface area (Å²) in [6, 6.07) is 0. The number of rotatable bonds is 32. The number of aliphatic hydroxyl groups excluding tert-OH is 5. The maximum atomic E-state index is 12.7. The molecule has 1 saturated carbocycles. The second-order valence-corrected chi connectivity index (χ2v) is 15.5. The Morgan fingerprint density at radius 2 is 0.981 bits per heavy atom. The molecule has 0 amide bonds. The molecule has 0 heterocycles. The molecule has 0 aromatic rings. The zero-order valence-electron chi connectivity index (χ0n) is 31.9. The average molecular weight is 767 g/mol. The number of hydrogen-bond acceptors (Lipinski definition) is 12. The molecule has 1 rings (SSSR count). The fraction of sp³-hybridized carbons (Fsp3) is 0.895. The Hall–Kier alpha value is -1.41. The first-order chi connectivity index (χ1) is 24.9. The minimum atomic E-state index is -5.10. The third-order valence-corrected chi connectivity index (χ3v) is 10.3. The molecule has 8 atom stereocenters. The summed E-state index contributed by atoms with van der Waals surface area (Å²) in [4.78, 5) is 35.4. The number of hydrogen-bond donors (Lipinski definition) is 6. The topological polar surface area (TPSA) is 210 Å². The van der Waals surface area contributed by atoms with Gasteiger partial charge in [-0.05, 0) is 38.5 Å². The van der Waals surface area contributed by atoms with Crippen LogP contribution < -0.4 is 0 Å². The van der Waals surface area contributed by atoms with E-state index in [9.17, 15) is 44.6 Å².